The molecule has 3 nitrogen and oxygen atoms in total. The largest absolute Gasteiger partial charge is 0.339 e. The molecule has 0 spiro atoms. The molecule has 0 aliphatic rings. The standard InChI is InChI=1S/C20H22FNO2/c1-14-4-6-17(7-5-14)19(23)12-13-20(24)22(3)15(2)16-8-10-18(21)11-9-16/h4-11,15H,12-13H2,1-3H3. The second-order valence-corrected chi connectivity index (χ2v) is 6.02. The van der Waals surface area contributed by atoms with Crippen LogP contribution < -0.4 is 0 Å². The maximum atomic E-state index is 13.0. The second-order valence-electron chi connectivity index (χ2n) is 6.02. The Morgan fingerprint density at radius 1 is 1.00 bits per heavy atom. The summed E-state index contributed by atoms with van der Waals surface area (Å²) in [6, 6.07) is 13.3. The molecule has 4 heteroatoms. The summed E-state index contributed by atoms with van der Waals surface area (Å²) in [5, 5.41) is 0. The number of carbonyl (C=O) groups is 2. The summed E-state index contributed by atoms with van der Waals surface area (Å²) in [4.78, 5) is 26.1. The van der Waals surface area contributed by atoms with Gasteiger partial charge in [0, 0.05) is 25.5 Å². The van der Waals surface area contributed by atoms with Gasteiger partial charge in [0.1, 0.15) is 5.82 Å². The number of nitrogens with zero attached hydrogens (tertiary/aromatic N) is 1. The van der Waals surface area contributed by atoms with Crippen LogP contribution in [-0.4, -0.2) is 23.6 Å². The zero-order valence-corrected chi connectivity index (χ0v) is 14.3. The summed E-state index contributed by atoms with van der Waals surface area (Å²) >= 11 is 0. The first-order chi connectivity index (χ1) is 11.4. The van der Waals surface area contributed by atoms with Gasteiger partial charge in [-0.2, -0.15) is 0 Å². The first kappa shape index (κ1) is 17.9. The molecule has 2 aromatic carbocycles. The van der Waals surface area contributed by atoms with Crippen LogP contribution in [0.25, 0.3) is 0 Å². The zero-order chi connectivity index (χ0) is 17.7. The van der Waals surface area contributed by atoms with E-state index in [1.54, 1.807) is 36.2 Å². The molecule has 0 saturated carbocycles. The molecule has 126 valence electrons. The van der Waals surface area contributed by atoms with Crippen LogP contribution in [0, 0.1) is 12.7 Å². The molecule has 0 N–H and O–H groups in total. The van der Waals surface area contributed by atoms with Crippen LogP contribution in [0.2, 0.25) is 0 Å². The summed E-state index contributed by atoms with van der Waals surface area (Å²) in [5.41, 5.74) is 2.58. The molecule has 1 atom stereocenters. The molecule has 0 aliphatic heterocycles. The fourth-order valence-corrected chi connectivity index (χ4v) is 2.46. The van der Waals surface area contributed by atoms with Gasteiger partial charge in [0.25, 0.3) is 0 Å². The van der Waals surface area contributed by atoms with Gasteiger partial charge in [-0.25, -0.2) is 4.39 Å². The van der Waals surface area contributed by atoms with E-state index < -0.39 is 0 Å². The van der Waals surface area contributed by atoms with Crippen molar-refractivity contribution in [1.82, 2.24) is 4.90 Å². The van der Waals surface area contributed by atoms with Gasteiger partial charge in [-0.3, -0.25) is 9.59 Å². The lowest BCUT2D eigenvalue weighted by atomic mass is 10.0. The molecular formula is C20H22FNO2. The lowest BCUT2D eigenvalue weighted by molar-refractivity contribution is -0.131. The van der Waals surface area contributed by atoms with Crippen molar-refractivity contribution < 1.29 is 14.0 Å². The number of amides is 1. The van der Waals surface area contributed by atoms with Crippen LogP contribution >= 0.6 is 0 Å². The third kappa shape index (κ3) is 4.51. The van der Waals surface area contributed by atoms with Gasteiger partial charge in [-0.15, -0.1) is 0 Å². The van der Waals surface area contributed by atoms with Crippen LogP contribution in [0.5, 0.6) is 0 Å². The van der Waals surface area contributed by atoms with Crippen molar-refractivity contribution >= 4 is 11.7 Å². The van der Waals surface area contributed by atoms with Gasteiger partial charge in [0.05, 0.1) is 6.04 Å². The molecular weight excluding hydrogens is 305 g/mol. The van der Waals surface area contributed by atoms with Crippen LogP contribution in [0.3, 0.4) is 0 Å². The third-order valence-corrected chi connectivity index (χ3v) is 4.27. The van der Waals surface area contributed by atoms with E-state index in [9.17, 15) is 14.0 Å². The van der Waals surface area contributed by atoms with Gasteiger partial charge in [0.2, 0.25) is 5.91 Å². The minimum Gasteiger partial charge on any atom is -0.339 e. The van der Waals surface area contributed by atoms with Crippen molar-refractivity contribution in [2.75, 3.05) is 7.05 Å². The number of hydrogen-bond donors (Lipinski definition) is 0. The van der Waals surface area contributed by atoms with E-state index in [-0.39, 0.29) is 36.4 Å². The Labute approximate surface area is 142 Å². The first-order valence-corrected chi connectivity index (χ1v) is 7.99. The smallest absolute Gasteiger partial charge is 0.223 e. The van der Waals surface area contributed by atoms with Crippen molar-refractivity contribution in [3.8, 4) is 0 Å². The topological polar surface area (TPSA) is 37.4 Å². The summed E-state index contributed by atoms with van der Waals surface area (Å²) in [6.07, 6.45) is 0.344. The van der Waals surface area contributed by atoms with E-state index in [4.69, 9.17) is 0 Å². The zero-order valence-electron chi connectivity index (χ0n) is 14.3. The minimum absolute atomic E-state index is 0.0359. The number of benzene rings is 2. The average Bonchev–Trinajstić information content (AvgIpc) is 2.59. The van der Waals surface area contributed by atoms with Crippen LogP contribution in [0.1, 0.15) is 47.3 Å². The lowest BCUT2D eigenvalue weighted by Crippen LogP contribution is -2.29. The van der Waals surface area contributed by atoms with E-state index >= 15 is 0 Å². The van der Waals surface area contributed by atoms with E-state index in [1.807, 2.05) is 26.0 Å². The molecule has 0 saturated heterocycles. The van der Waals surface area contributed by atoms with Crippen molar-refractivity contribution in [2.45, 2.75) is 32.7 Å². The Bertz CT molecular complexity index is 707. The Hall–Kier alpha value is -2.49. The Balaban J connectivity index is 1.92. The summed E-state index contributed by atoms with van der Waals surface area (Å²) in [7, 11) is 1.70. The maximum absolute atomic E-state index is 13.0. The quantitative estimate of drug-likeness (QED) is 0.741. The molecule has 0 heterocycles. The molecule has 0 bridgehead atoms. The highest BCUT2D eigenvalue weighted by atomic mass is 19.1. The number of aryl methyl sites for hydroxylation is 1. The van der Waals surface area contributed by atoms with Crippen molar-refractivity contribution in [1.29, 1.82) is 0 Å². The van der Waals surface area contributed by atoms with Crippen molar-refractivity contribution in [3.05, 3.63) is 71.0 Å². The highest BCUT2D eigenvalue weighted by molar-refractivity contribution is 5.98. The molecule has 0 fully saturated rings. The molecule has 0 aromatic heterocycles. The van der Waals surface area contributed by atoms with Crippen LogP contribution in [0.15, 0.2) is 48.5 Å². The van der Waals surface area contributed by atoms with E-state index in [2.05, 4.69) is 0 Å². The molecule has 1 unspecified atom stereocenters. The van der Waals surface area contributed by atoms with Gasteiger partial charge in [0.15, 0.2) is 5.78 Å². The van der Waals surface area contributed by atoms with Gasteiger partial charge >= 0.3 is 0 Å². The number of carbonyl (C=O) groups excluding carboxylic acids is 2. The Morgan fingerprint density at radius 3 is 2.17 bits per heavy atom. The molecule has 0 aliphatic carbocycles. The van der Waals surface area contributed by atoms with Crippen molar-refractivity contribution in [2.24, 2.45) is 0 Å². The Morgan fingerprint density at radius 2 is 1.58 bits per heavy atom. The molecule has 2 rings (SSSR count). The SMILES string of the molecule is Cc1ccc(C(=O)CCC(=O)N(C)C(C)c2ccc(F)cc2)cc1. The molecule has 0 radical (unpaired) electrons. The predicted octanol–water partition coefficient (Wildman–Crippen LogP) is 4.32. The summed E-state index contributed by atoms with van der Waals surface area (Å²) in [5.74, 6) is -0.443. The number of ketones is 1. The normalized spacial score (nSPS) is 11.8. The van der Waals surface area contributed by atoms with E-state index in [0.29, 0.717) is 5.56 Å². The minimum atomic E-state index is -0.302. The van der Waals surface area contributed by atoms with E-state index in [0.717, 1.165) is 11.1 Å². The number of Topliss-reactive ketones (excluding diaryl/α,β-unsaturated/α-hetero) is 1. The predicted molar refractivity (Wildman–Crippen MR) is 92.3 cm³/mol. The summed E-state index contributed by atoms with van der Waals surface area (Å²) in [6.45, 7) is 3.84. The third-order valence-electron chi connectivity index (χ3n) is 4.27. The second kappa shape index (κ2) is 7.86. The van der Waals surface area contributed by atoms with E-state index in [1.165, 1.54) is 12.1 Å². The molecule has 1 amide bonds. The highest BCUT2D eigenvalue weighted by Gasteiger charge is 2.18. The monoisotopic (exact) mass is 327 g/mol. The molecule has 24 heavy (non-hydrogen) atoms. The molecule has 2 aromatic rings. The maximum Gasteiger partial charge on any atom is 0.223 e. The van der Waals surface area contributed by atoms with Crippen LogP contribution in [-0.2, 0) is 4.79 Å². The van der Waals surface area contributed by atoms with Gasteiger partial charge in [-0.1, -0.05) is 42.0 Å². The van der Waals surface area contributed by atoms with Crippen LogP contribution in [0.4, 0.5) is 4.39 Å². The fraction of sp³-hybridized carbons (Fsp3) is 0.300. The first-order valence-electron chi connectivity index (χ1n) is 7.99. The number of hydrogen-bond acceptors (Lipinski definition) is 2. The lowest BCUT2D eigenvalue weighted by Gasteiger charge is -2.25. The Kier molecular flexibility index (Phi) is 5.85. The fourth-order valence-electron chi connectivity index (χ4n) is 2.46. The van der Waals surface area contributed by atoms with Gasteiger partial charge in [-0.05, 0) is 31.5 Å². The summed E-state index contributed by atoms with van der Waals surface area (Å²) < 4.78 is 13.0. The average molecular weight is 327 g/mol. The van der Waals surface area contributed by atoms with Gasteiger partial charge < -0.3 is 4.90 Å². The van der Waals surface area contributed by atoms with Crippen molar-refractivity contribution in [3.63, 3.8) is 0 Å². The number of rotatable bonds is 6. The highest BCUT2D eigenvalue weighted by Crippen LogP contribution is 2.20. The number of halogens is 1.